The first-order chi connectivity index (χ1) is 9.67. The van der Waals surface area contributed by atoms with Crippen LogP contribution in [0.15, 0.2) is 40.2 Å². The lowest BCUT2D eigenvalue weighted by molar-refractivity contribution is 0.234. The van der Waals surface area contributed by atoms with E-state index in [1.165, 1.54) is 4.88 Å². The highest BCUT2D eigenvalue weighted by Crippen LogP contribution is 2.20. The van der Waals surface area contributed by atoms with E-state index in [1.807, 2.05) is 24.3 Å². The molecule has 0 spiro atoms. The van der Waals surface area contributed by atoms with Crippen LogP contribution in [0.3, 0.4) is 0 Å². The minimum absolute atomic E-state index is 0.569. The van der Waals surface area contributed by atoms with E-state index in [4.69, 9.17) is 10.5 Å². The molecule has 2 N–H and O–H groups in total. The maximum Gasteiger partial charge on any atom is 0.119 e. The van der Waals surface area contributed by atoms with Gasteiger partial charge in [0.15, 0.2) is 0 Å². The van der Waals surface area contributed by atoms with Gasteiger partial charge in [-0.05, 0) is 46.7 Å². The Morgan fingerprint density at radius 1 is 1.30 bits per heavy atom. The third-order valence-corrected chi connectivity index (χ3v) is 4.63. The summed E-state index contributed by atoms with van der Waals surface area (Å²) in [6.07, 6.45) is 0. The highest BCUT2D eigenvalue weighted by molar-refractivity contribution is 9.10. The van der Waals surface area contributed by atoms with E-state index in [9.17, 15) is 0 Å². The van der Waals surface area contributed by atoms with Gasteiger partial charge in [-0.2, -0.15) is 0 Å². The molecule has 0 aliphatic rings. The molecule has 0 aliphatic carbocycles. The summed E-state index contributed by atoms with van der Waals surface area (Å²) in [5.74, 6) is 0.898. The monoisotopic (exact) mass is 354 g/mol. The minimum atomic E-state index is 0.569. The Balaban J connectivity index is 1.71. The van der Waals surface area contributed by atoms with Crippen molar-refractivity contribution in [3.63, 3.8) is 0 Å². The summed E-state index contributed by atoms with van der Waals surface area (Å²) in [7, 11) is 2.11. The highest BCUT2D eigenvalue weighted by atomic mass is 79.9. The van der Waals surface area contributed by atoms with Crippen molar-refractivity contribution in [2.45, 2.75) is 13.1 Å². The van der Waals surface area contributed by atoms with Gasteiger partial charge in [0.05, 0.1) is 0 Å². The first-order valence-electron chi connectivity index (χ1n) is 6.50. The molecule has 0 amide bonds. The van der Waals surface area contributed by atoms with Crippen LogP contribution in [0.4, 0.5) is 0 Å². The standard InChI is InChI=1S/C15H19BrN2OS/c1-18(10-15-8-13(16)11-20-15)6-7-19-14-4-2-12(9-17)3-5-14/h2-5,8,11H,6-7,9-10,17H2,1H3. The summed E-state index contributed by atoms with van der Waals surface area (Å²) >= 11 is 5.25. The fraction of sp³-hybridized carbons (Fsp3) is 0.333. The smallest absolute Gasteiger partial charge is 0.119 e. The van der Waals surface area contributed by atoms with Crippen molar-refractivity contribution in [2.24, 2.45) is 5.73 Å². The third-order valence-electron chi connectivity index (χ3n) is 2.95. The van der Waals surface area contributed by atoms with Crippen molar-refractivity contribution < 1.29 is 4.74 Å². The lowest BCUT2D eigenvalue weighted by Crippen LogP contribution is -2.23. The maximum absolute atomic E-state index is 5.73. The normalized spacial score (nSPS) is 11.0. The van der Waals surface area contributed by atoms with Crippen molar-refractivity contribution in [1.82, 2.24) is 4.90 Å². The van der Waals surface area contributed by atoms with Crippen LogP contribution < -0.4 is 10.5 Å². The molecule has 1 heterocycles. The molecule has 0 fully saturated rings. The first kappa shape index (κ1) is 15.5. The summed E-state index contributed by atoms with van der Waals surface area (Å²) < 4.78 is 6.89. The number of hydrogen-bond donors (Lipinski definition) is 1. The number of rotatable bonds is 7. The summed E-state index contributed by atoms with van der Waals surface area (Å²) in [5, 5.41) is 2.11. The summed E-state index contributed by atoms with van der Waals surface area (Å²) in [5.41, 5.74) is 6.69. The Hall–Kier alpha value is -0.880. The lowest BCUT2D eigenvalue weighted by Gasteiger charge is -2.16. The zero-order chi connectivity index (χ0) is 14.4. The molecular weight excluding hydrogens is 336 g/mol. The molecule has 2 rings (SSSR count). The zero-order valence-corrected chi connectivity index (χ0v) is 13.9. The number of nitrogens with zero attached hydrogens (tertiary/aromatic N) is 1. The molecule has 2 aromatic rings. The number of nitrogens with two attached hydrogens (primary N) is 1. The fourth-order valence-corrected chi connectivity index (χ4v) is 3.35. The number of ether oxygens (including phenoxy) is 1. The van der Waals surface area contributed by atoms with E-state index >= 15 is 0 Å². The molecule has 1 aromatic carbocycles. The molecule has 0 bridgehead atoms. The Morgan fingerprint density at radius 2 is 2.05 bits per heavy atom. The van der Waals surface area contributed by atoms with Gasteiger partial charge in [-0.15, -0.1) is 11.3 Å². The molecule has 5 heteroatoms. The number of hydrogen-bond acceptors (Lipinski definition) is 4. The molecule has 0 unspecified atom stereocenters. The van der Waals surface area contributed by atoms with Crippen LogP contribution in [-0.4, -0.2) is 25.1 Å². The van der Waals surface area contributed by atoms with Crippen LogP contribution in [-0.2, 0) is 13.1 Å². The van der Waals surface area contributed by atoms with Crippen molar-refractivity contribution in [1.29, 1.82) is 0 Å². The fourth-order valence-electron chi connectivity index (χ4n) is 1.82. The molecule has 0 aliphatic heterocycles. The molecule has 20 heavy (non-hydrogen) atoms. The maximum atomic E-state index is 5.73. The van der Waals surface area contributed by atoms with Crippen LogP contribution in [0.25, 0.3) is 0 Å². The highest BCUT2D eigenvalue weighted by Gasteiger charge is 2.03. The van der Waals surface area contributed by atoms with Gasteiger partial charge < -0.3 is 10.5 Å². The van der Waals surface area contributed by atoms with Gasteiger partial charge in [-0.25, -0.2) is 0 Å². The van der Waals surface area contributed by atoms with E-state index in [2.05, 4.69) is 39.3 Å². The molecule has 0 atom stereocenters. The Kier molecular flexibility index (Phi) is 6.04. The molecule has 0 saturated carbocycles. The molecule has 1 aromatic heterocycles. The predicted molar refractivity (Wildman–Crippen MR) is 88.2 cm³/mol. The van der Waals surface area contributed by atoms with Crippen LogP contribution in [0.2, 0.25) is 0 Å². The van der Waals surface area contributed by atoms with Gasteiger partial charge in [0.2, 0.25) is 0 Å². The Morgan fingerprint density at radius 3 is 2.65 bits per heavy atom. The second-order valence-corrected chi connectivity index (χ2v) is 6.58. The summed E-state index contributed by atoms with van der Waals surface area (Å²) in [4.78, 5) is 3.61. The topological polar surface area (TPSA) is 38.5 Å². The SMILES string of the molecule is CN(CCOc1ccc(CN)cc1)Cc1cc(Br)cs1. The largest absolute Gasteiger partial charge is 0.492 e. The number of halogens is 1. The van der Waals surface area contributed by atoms with Crippen LogP contribution >= 0.6 is 27.3 Å². The molecule has 108 valence electrons. The second-order valence-electron chi connectivity index (χ2n) is 4.67. The van der Waals surface area contributed by atoms with E-state index < -0.39 is 0 Å². The van der Waals surface area contributed by atoms with Crippen molar-refractivity contribution in [2.75, 3.05) is 20.2 Å². The summed E-state index contributed by atoms with van der Waals surface area (Å²) in [6, 6.07) is 10.1. The zero-order valence-electron chi connectivity index (χ0n) is 11.5. The third kappa shape index (κ3) is 4.90. The van der Waals surface area contributed by atoms with Crippen LogP contribution in [0.1, 0.15) is 10.4 Å². The van der Waals surface area contributed by atoms with E-state index in [0.717, 1.165) is 28.9 Å². The lowest BCUT2D eigenvalue weighted by atomic mass is 10.2. The van der Waals surface area contributed by atoms with Gasteiger partial charge in [0.25, 0.3) is 0 Å². The molecular formula is C15H19BrN2OS. The number of thiophene rings is 1. The number of benzene rings is 1. The van der Waals surface area contributed by atoms with Crippen LogP contribution in [0.5, 0.6) is 5.75 Å². The molecule has 0 radical (unpaired) electrons. The average molecular weight is 355 g/mol. The van der Waals surface area contributed by atoms with Crippen molar-refractivity contribution >= 4 is 27.3 Å². The minimum Gasteiger partial charge on any atom is -0.492 e. The van der Waals surface area contributed by atoms with Crippen molar-refractivity contribution in [3.05, 3.63) is 50.6 Å². The molecule has 0 saturated heterocycles. The number of likely N-dealkylation sites (N-methyl/N-ethyl adjacent to an activating group) is 1. The van der Waals surface area contributed by atoms with E-state index in [-0.39, 0.29) is 0 Å². The van der Waals surface area contributed by atoms with Gasteiger partial charge in [-0.3, -0.25) is 4.90 Å². The Bertz CT molecular complexity index is 527. The van der Waals surface area contributed by atoms with Gasteiger partial charge in [-0.1, -0.05) is 12.1 Å². The van der Waals surface area contributed by atoms with Gasteiger partial charge in [0, 0.05) is 34.4 Å². The van der Waals surface area contributed by atoms with E-state index in [0.29, 0.717) is 13.2 Å². The van der Waals surface area contributed by atoms with Gasteiger partial charge in [0.1, 0.15) is 12.4 Å². The Labute approximate surface area is 132 Å². The first-order valence-corrected chi connectivity index (χ1v) is 8.18. The van der Waals surface area contributed by atoms with Crippen LogP contribution in [0, 0.1) is 0 Å². The van der Waals surface area contributed by atoms with Gasteiger partial charge >= 0.3 is 0 Å². The quantitative estimate of drug-likeness (QED) is 0.827. The van der Waals surface area contributed by atoms with Crippen molar-refractivity contribution in [3.8, 4) is 5.75 Å². The predicted octanol–water partition coefficient (Wildman–Crippen LogP) is 3.48. The van der Waals surface area contributed by atoms with E-state index in [1.54, 1.807) is 11.3 Å². The molecule has 3 nitrogen and oxygen atoms in total. The summed E-state index contributed by atoms with van der Waals surface area (Å²) in [6.45, 7) is 3.10. The second kappa shape index (κ2) is 7.78. The average Bonchev–Trinajstić information content (AvgIpc) is 2.85.